The molecule has 0 spiro atoms. The van der Waals surface area contributed by atoms with Gasteiger partial charge in [0.05, 0.1) is 0 Å². The third-order valence-corrected chi connectivity index (χ3v) is 3.52. The molecule has 14 heavy (non-hydrogen) atoms. The van der Waals surface area contributed by atoms with Gasteiger partial charge in [-0.15, -0.1) is 11.8 Å². The van der Waals surface area contributed by atoms with Crippen molar-refractivity contribution in [3.8, 4) is 0 Å². The molecule has 0 heterocycles. The molecule has 1 aromatic rings. The molecule has 1 atom stereocenters. The molecule has 0 bridgehead atoms. The second-order valence-corrected chi connectivity index (χ2v) is 4.54. The summed E-state index contributed by atoms with van der Waals surface area (Å²) in [5.74, 6) is 1.17. The van der Waals surface area contributed by atoms with Crippen LogP contribution in [0.15, 0.2) is 29.2 Å². The second-order valence-electron chi connectivity index (χ2n) is 3.40. The number of hydrogen-bond donors (Lipinski definition) is 1. The molecule has 0 radical (unpaired) electrons. The molecule has 1 nitrogen and oxygen atoms in total. The summed E-state index contributed by atoms with van der Waals surface area (Å²) in [6.07, 6.45) is 2.21. The molecule has 0 aliphatic rings. The van der Waals surface area contributed by atoms with E-state index in [-0.39, 0.29) is 6.04 Å². The van der Waals surface area contributed by atoms with Crippen molar-refractivity contribution in [3.05, 3.63) is 29.8 Å². The van der Waals surface area contributed by atoms with Crippen LogP contribution in [-0.4, -0.2) is 5.75 Å². The van der Waals surface area contributed by atoms with Gasteiger partial charge in [0.2, 0.25) is 0 Å². The Morgan fingerprint density at radius 3 is 2.64 bits per heavy atom. The highest BCUT2D eigenvalue weighted by Gasteiger charge is 2.08. The van der Waals surface area contributed by atoms with Crippen molar-refractivity contribution in [2.45, 2.75) is 37.6 Å². The predicted molar refractivity (Wildman–Crippen MR) is 64.7 cm³/mol. The van der Waals surface area contributed by atoms with Crippen LogP contribution in [0.25, 0.3) is 0 Å². The highest BCUT2D eigenvalue weighted by atomic mass is 32.2. The highest BCUT2D eigenvalue weighted by molar-refractivity contribution is 7.99. The van der Waals surface area contributed by atoms with Crippen molar-refractivity contribution < 1.29 is 0 Å². The van der Waals surface area contributed by atoms with Crippen LogP contribution in [-0.2, 0) is 0 Å². The maximum Gasteiger partial charge on any atom is 0.0303 e. The Bertz CT molecular complexity index is 273. The Hall–Kier alpha value is -0.470. The smallest absolute Gasteiger partial charge is 0.0303 e. The summed E-state index contributed by atoms with van der Waals surface area (Å²) < 4.78 is 0. The fraction of sp³-hybridized carbons (Fsp3) is 0.500. The first-order chi connectivity index (χ1) is 6.79. The average molecular weight is 209 g/mol. The van der Waals surface area contributed by atoms with Crippen molar-refractivity contribution in [2.75, 3.05) is 5.75 Å². The third-order valence-electron chi connectivity index (χ3n) is 2.22. The van der Waals surface area contributed by atoms with Crippen LogP contribution in [0.5, 0.6) is 0 Å². The van der Waals surface area contributed by atoms with Gasteiger partial charge in [0, 0.05) is 10.9 Å². The molecule has 0 aromatic heterocycles. The van der Waals surface area contributed by atoms with Gasteiger partial charge in [-0.25, -0.2) is 0 Å². The van der Waals surface area contributed by atoms with Crippen LogP contribution in [0, 0.1) is 0 Å². The Balaban J connectivity index is 2.79. The van der Waals surface area contributed by atoms with Crippen LogP contribution < -0.4 is 5.73 Å². The zero-order valence-corrected chi connectivity index (χ0v) is 9.81. The fourth-order valence-corrected chi connectivity index (χ4v) is 2.34. The molecule has 78 valence electrons. The van der Waals surface area contributed by atoms with E-state index < -0.39 is 0 Å². The molecular formula is C12H19NS. The van der Waals surface area contributed by atoms with Gasteiger partial charge in [-0.3, -0.25) is 0 Å². The molecular weight excluding hydrogens is 190 g/mol. The van der Waals surface area contributed by atoms with Crippen LogP contribution in [0.4, 0.5) is 0 Å². The first-order valence-corrected chi connectivity index (χ1v) is 6.25. The number of hydrogen-bond acceptors (Lipinski definition) is 2. The van der Waals surface area contributed by atoms with Gasteiger partial charge in [0.15, 0.2) is 0 Å². The van der Waals surface area contributed by atoms with Gasteiger partial charge in [0.25, 0.3) is 0 Å². The summed E-state index contributed by atoms with van der Waals surface area (Å²) in [7, 11) is 0. The van der Waals surface area contributed by atoms with E-state index in [0.29, 0.717) is 0 Å². The van der Waals surface area contributed by atoms with E-state index in [9.17, 15) is 0 Å². The van der Waals surface area contributed by atoms with E-state index in [1.807, 2.05) is 11.8 Å². The predicted octanol–water partition coefficient (Wildman–Crippen LogP) is 3.60. The highest BCUT2D eigenvalue weighted by Crippen LogP contribution is 2.27. The summed E-state index contributed by atoms with van der Waals surface area (Å²) in [6.45, 7) is 4.33. The minimum absolute atomic E-state index is 0.190. The standard InChI is InChI=1S/C12H19NS/c1-3-9-14-12-8-6-5-7-10(12)11(13)4-2/h5-8,11H,3-4,9,13H2,1-2H3/t11-/m0/s1. The molecule has 1 aromatic carbocycles. The van der Waals surface area contributed by atoms with E-state index in [1.54, 1.807) is 0 Å². The quantitative estimate of drug-likeness (QED) is 0.750. The lowest BCUT2D eigenvalue weighted by Gasteiger charge is -2.13. The molecule has 0 amide bonds. The molecule has 0 aliphatic heterocycles. The van der Waals surface area contributed by atoms with E-state index in [1.165, 1.54) is 22.6 Å². The molecule has 0 fully saturated rings. The molecule has 0 saturated heterocycles. The van der Waals surface area contributed by atoms with Gasteiger partial charge in [-0.05, 0) is 30.2 Å². The Kier molecular flexibility index (Phi) is 5.05. The minimum atomic E-state index is 0.190. The lowest BCUT2D eigenvalue weighted by Crippen LogP contribution is -2.09. The van der Waals surface area contributed by atoms with Gasteiger partial charge in [0.1, 0.15) is 0 Å². The number of nitrogens with two attached hydrogens (primary N) is 1. The van der Waals surface area contributed by atoms with Gasteiger partial charge in [-0.2, -0.15) is 0 Å². The van der Waals surface area contributed by atoms with Crippen LogP contribution >= 0.6 is 11.8 Å². The third kappa shape index (κ3) is 3.03. The summed E-state index contributed by atoms with van der Waals surface area (Å²) in [5.41, 5.74) is 7.35. The maximum absolute atomic E-state index is 6.05. The Morgan fingerprint density at radius 1 is 1.29 bits per heavy atom. The van der Waals surface area contributed by atoms with Crippen molar-refractivity contribution in [2.24, 2.45) is 5.73 Å². The SMILES string of the molecule is CCCSc1ccccc1[C@@H](N)CC. The second kappa shape index (κ2) is 6.10. The van der Waals surface area contributed by atoms with Gasteiger partial charge < -0.3 is 5.73 Å². The first-order valence-electron chi connectivity index (χ1n) is 5.26. The zero-order chi connectivity index (χ0) is 10.4. The minimum Gasteiger partial charge on any atom is -0.324 e. The Labute approximate surface area is 91.1 Å². The largest absolute Gasteiger partial charge is 0.324 e. The fourth-order valence-electron chi connectivity index (χ4n) is 1.35. The molecule has 0 aliphatic carbocycles. The van der Waals surface area contributed by atoms with Crippen molar-refractivity contribution in [1.82, 2.24) is 0 Å². The van der Waals surface area contributed by atoms with E-state index >= 15 is 0 Å². The molecule has 1 rings (SSSR count). The summed E-state index contributed by atoms with van der Waals surface area (Å²) in [4.78, 5) is 1.35. The van der Waals surface area contributed by atoms with Gasteiger partial charge >= 0.3 is 0 Å². The summed E-state index contributed by atoms with van der Waals surface area (Å²) >= 11 is 1.91. The molecule has 0 unspecified atom stereocenters. The van der Waals surface area contributed by atoms with Crippen molar-refractivity contribution in [1.29, 1.82) is 0 Å². The number of rotatable bonds is 5. The van der Waals surface area contributed by atoms with Gasteiger partial charge in [-0.1, -0.05) is 32.0 Å². The molecule has 2 heteroatoms. The Morgan fingerprint density at radius 2 is 2.00 bits per heavy atom. The average Bonchev–Trinajstić information content (AvgIpc) is 2.25. The van der Waals surface area contributed by atoms with E-state index in [4.69, 9.17) is 5.73 Å². The molecule has 2 N–H and O–H groups in total. The topological polar surface area (TPSA) is 26.0 Å². The lowest BCUT2D eigenvalue weighted by molar-refractivity contribution is 0.685. The maximum atomic E-state index is 6.05. The summed E-state index contributed by atoms with van der Waals surface area (Å²) in [6, 6.07) is 8.66. The summed E-state index contributed by atoms with van der Waals surface area (Å²) in [5, 5.41) is 0. The number of benzene rings is 1. The first kappa shape index (κ1) is 11.6. The van der Waals surface area contributed by atoms with Crippen LogP contribution in [0.1, 0.15) is 38.3 Å². The van der Waals surface area contributed by atoms with Crippen LogP contribution in [0.3, 0.4) is 0 Å². The van der Waals surface area contributed by atoms with Crippen molar-refractivity contribution in [3.63, 3.8) is 0 Å². The lowest BCUT2D eigenvalue weighted by atomic mass is 10.1. The van der Waals surface area contributed by atoms with Crippen molar-refractivity contribution >= 4 is 11.8 Å². The normalized spacial score (nSPS) is 12.8. The monoisotopic (exact) mass is 209 g/mol. The molecule has 0 saturated carbocycles. The number of thioether (sulfide) groups is 1. The van der Waals surface area contributed by atoms with Crippen LogP contribution in [0.2, 0.25) is 0 Å². The zero-order valence-electron chi connectivity index (χ0n) is 8.99. The van der Waals surface area contributed by atoms with E-state index in [0.717, 1.165) is 6.42 Å². The van der Waals surface area contributed by atoms with E-state index in [2.05, 4.69) is 38.1 Å².